The van der Waals surface area contributed by atoms with Gasteiger partial charge >= 0.3 is 6.18 Å². The lowest BCUT2D eigenvalue weighted by Gasteiger charge is -2.14. The summed E-state index contributed by atoms with van der Waals surface area (Å²) >= 11 is 8.84. The van der Waals surface area contributed by atoms with Crippen LogP contribution in [-0.2, 0) is 12.6 Å². The standard InChI is InChI=1S/C13H10BrClF3N3/c1-2-8-11(15)19-6-20-12(8)21-7-3-4-10(14)9(5-7)13(16,17)18/h3-6H,2H2,1H3,(H,19,20,21). The van der Waals surface area contributed by atoms with Gasteiger partial charge < -0.3 is 5.32 Å². The van der Waals surface area contributed by atoms with Crippen LogP contribution in [0.4, 0.5) is 24.7 Å². The molecule has 0 unspecified atom stereocenters. The summed E-state index contributed by atoms with van der Waals surface area (Å²) in [6.07, 6.45) is -2.62. The average molecular weight is 381 g/mol. The Morgan fingerprint density at radius 1 is 1.29 bits per heavy atom. The molecule has 0 amide bonds. The molecule has 0 spiro atoms. The molecule has 0 radical (unpaired) electrons. The number of nitrogens with one attached hydrogen (secondary N) is 1. The Morgan fingerprint density at radius 2 is 2.00 bits per heavy atom. The molecule has 0 saturated heterocycles. The van der Waals surface area contributed by atoms with Gasteiger partial charge in [-0.2, -0.15) is 13.2 Å². The predicted octanol–water partition coefficient (Wildman–Crippen LogP) is 5.22. The van der Waals surface area contributed by atoms with Crippen LogP contribution in [0.2, 0.25) is 5.15 Å². The molecule has 8 heteroatoms. The summed E-state index contributed by atoms with van der Waals surface area (Å²) in [6, 6.07) is 3.87. The second-order valence-electron chi connectivity index (χ2n) is 4.16. The van der Waals surface area contributed by atoms with Gasteiger partial charge in [0.15, 0.2) is 0 Å². The summed E-state index contributed by atoms with van der Waals surface area (Å²) in [5.74, 6) is 0.396. The van der Waals surface area contributed by atoms with E-state index < -0.39 is 11.7 Å². The van der Waals surface area contributed by atoms with Crippen molar-refractivity contribution in [2.45, 2.75) is 19.5 Å². The smallest absolute Gasteiger partial charge is 0.340 e. The van der Waals surface area contributed by atoms with Crippen molar-refractivity contribution >= 4 is 39.0 Å². The Kier molecular flexibility index (Phi) is 4.73. The largest absolute Gasteiger partial charge is 0.417 e. The number of hydrogen-bond donors (Lipinski definition) is 1. The van der Waals surface area contributed by atoms with Crippen molar-refractivity contribution in [1.29, 1.82) is 0 Å². The zero-order valence-corrected chi connectivity index (χ0v) is 13.1. The van der Waals surface area contributed by atoms with Crippen molar-refractivity contribution in [3.63, 3.8) is 0 Å². The molecular formula is C13H10BrClF3N3. The van der Waals surface area contributed by atoms with Crippen LogP contribution in [0.3, 0.4) is 0 Å². The third-order valence-corrected chi connectivity index (χ3v) is 3.80. The number of alkyl halides is 3. The minimum absolute atomic E-state index is 0.0167. The van der Waals surface area contributed by atoms with E-state index >= 15 is 0 Å². The maximum Gasteiger partial charge on any atom is 0.417 e. The van der Waals surface area contributed by atoms with Crippen molar-refractivity contribution in [1.82, 2.24) is 9.97 Å². The first-order valence-corrected chi connectivity index (χ1v) is 7.13. The van der Waals surface area contributed by atoms with Crippen LogP contribution in [0, 0.1) is 0 Å². The van der Waals surface area contributed by atoms with Gasteiger partial charge in [0.25, 0.3) is 0 Å². The molecule has 0 atom stereocenters. The monoisotopic (exact) mass is 379 g/mol. The van der Waals surface area contributed by atoms with Crippen LogP contribution in [0.5, 0.6) is 0 Å². The van der Waals surface area contributed by atoms with E-state index in [4.69, 9.17) is 11.6 Å². The molecular weight excluding hydrogens is 371 g/mol. The van der Waals surface area contributed by atoms with Gasteiger partial charge in [0.2, 0.25) is 0 Å². The van der Waals surface area contributed by atoms with E-state index in [0.29, 0.717) is 17.8 Å². The van der Waals surface area contributed by atoms with Crippen LogP contribution in [-0.4, -0.2) is 9.97 Å². The number of rotatable bonds is 3. The van der Waals surface area contributed by atoms with E-state index in [1.807, 2.05) is 6.92 Å². The molecule has 3 nitrogen and oxygen atoms in total. The molecule has 0 fully saturated rings. The fraction of sp³-hybridized carbons (Fsp3) is 0.231. The number of halogens is 5. The first kappa shape index (κ1) is 16.0. The minimum atomic E-state index is -4.44. The van der Waals surface area contributed by atoms with Gasteiger partial charge in [-0.1, -0.05) is 34.5 Å². The Balaban J connectivity index is 2.39. The van der Waals surface area contributed by atoms with Gasteiger partial charge in [-0.3, -0.25) is 0 Å². The molecule has 0 saturated carbocycles. The van der Waals surface area contributed by atoms with Gasteiger partial charge in [0.1, 0.15) is 17.3 Å². The summed E-state index contributed by atoms with van der Waals surface area (Å²) < 4.78 is 38.6. The summed E-state index contributed by atoms with van der Waals surface area (Å²) in [4.78, 5) is 7.87. The first-order chi connectivity index (χ1) is 9.82. The predicted molar refractivity (Wildman–Crippen MR) is 78.8 cm³/mol. The number of anilines is 2. The van der Waals surface area contributed by atoms with E-state index in [9.17, 15) is 13.2 Å². The van der Waals surface area contributed by atoms with Crippen molar-refractivity contribution in [2.75, 3.05) is 5.32 Å². The lowest BCUT2D eigenvalue weighted by atomic mass is 10.2. The molecule has 0 aliphatic rings. The third-order valence-electron chi connectivity index (χ3n) is 2.78. The van der Waals surface area contributed by atoms with Crippen molar-refractivity contribution < 1.29 is 13.2 Å². The van der Waals surface area contributed by atoms with Gasteiger partial charge in [-0.15, -0.1) is 0 Å². The summed E-state index contributed by atoms with van der Waals surface area (Å²) in [7, 11) is 0. The molecule has 21 heavy (non-hydrogen) atoms. The maximum absolute atomic E-state index is 12.9. The van der Waals surface area contributed by atoms with E-state index in [1.54, 1.807) is 0 Å². The molecule has 1 aromatic heterocycles. The Bertz CT molecular complexity index is 662. The molecule has 2 aromatic rings. The summed E-state index contributed by atoms with van der Waals surface area (Å²) in [6.45, 7) is 1.86. The second kappa shape index (κ2) is 6.19. The van der Waals surface area contributed by atoms with E-state index in [2.05, 4.69) is 31.2 Å². The Morgan fingerprint density at radius 3 is 2.62 bits per heavy atom. The average Bonchev–Trinajstić information content (AvgIpc) is 2.40. The zero-order valence-electron chi connectivity index (χ0n) is 10.8. The van der Waals surface area contributed by atoms with Crippen LogP contribution in [0.25, 0.3) is 0 Å². The second-order valence-corrected chi connectivity index (χ2v) is 5.37. The highest BCUT2D eigenvalue weighted by Crippen LogP contribution is 2.37. The number of aromatic nitrogens is 2. The summed E-state index contributed by atoms with van der Waals surface area (Å²) in [5.41, 5.74) is 0.163. The number of nitrogens with zero attached hydrogens (tertiary/aromatic N) is 2. The van der Waals surface area contributed by atoms with Crippen LogP contribution in [0.15, 0.2) is 29.0 Å². The number of hydrogen-bond acceptors (Lipinski definition) is 3. The normalized spacial score (nSPS) is 11.5. The van der Waals surface area contributed by atoms with Crippen molar-refractivity contribution in [3.05, 3.63) is 45.3 Å². The Labute approximate surface area is 132 Å². The maximum atomic E-state index is 12.9. The van der Waals surface area contributed by atoms with Crippen molar-refractivity contribution in [3.8, 4) is 0 Å². The van der Waals surface area contributed by atoms with Gasteiger partial charge in [-0.25, -0.2) is 9.97 Å². The molecule has 0 bridgehead atoms. The lowest BCUT2D eigenvalue weighted by molar-refractivity contribution is -0.138. The minimum Gasteiger partial charge on any atom is -0.340 e. The van der Waals surface area contributed by atoms with Gasteiger partial charge in [0, 0.05) is 15.7 Å². The third kappa shape index (κ3) is 3.65. The topological polar surface area (TPSA) is 37.8 Å². The fourth-order valence-electron chi connectivity index (χ4n) is 1.77. The van der Waals surface area contributed by atoms with Crippen LogP contribution < -0.4 is 5.32 Å². The fourth-order valence-corrected chi connectivity index (χ4v) is 2.51. The highest BCUT2D eigenvalue weighted by molar-refractivity contribution is 9.10. The van der Waals surface area contributed by atoms with Crippen molar-refractivity contribution in [2.24, 2.45) is 0 Å². The highest BCUT2D eigenvalue weighted by Gasteiger charge is 2.33. The highest BCUT2D eigenvalue weighted by atomic mass is 79.9. The molecule has 0 aliphatic heterocycles. The molecule has 112 valence electrons. The van der Waals surface area contributed by atoms with E-state index in [-0.39, 0.29) is 15.3 Å². The first-order valence-electron chi connectivity index (χ1n) is 5.96. The Hall–Kier alpha value is -1.34. The van der Waals surface area contributed by atoms with Gasteiger partial charge in [0.05, 0.1) is 5.56 Å². The summed E-state index contributed by atoms with van der Waals surface area (Å²) in [5, 5.41) is 3.13. The molecule has 1 aromatic carbocycles. The van der Waals surface area contributed by atoms with Crippen LogP contribution in [0.1, 0.15) is 18.1 Å². The molecule has 1 N–H and O–H groups in total. The number of benzene rings is 1. The molecule has 2 rings (SSSR count). The van der Waals surface area contributed by atoms with E-state index in [1.165, 1.54) is 18.5 Å². The molecule has 1 heterocycles. The van der Waals surface area contributed by atoms with Gasteiger partial charge in [-0.05, 0) is 24.6 Å². The van der Waals surface area contributed by atoms with E-state index in [0.717, 1.165) is 6.07 Å². The zero-order chi connectivity index (χ0) is 15.6. The molecule has 0 aliphatic carbocycles. The van der Waals surface area contributed by atoms with Crippen LogP contribution >= 0.6 is 27.5 Å². The lowest BCUT2D eigenvalue weighted by Crippen LogP contribution is -2.07. The quantitative estimate of drug-likeness (QED) is 0.742. The SMILES string of the molecule is CCc1c(Cl)ncnc1Nc1ccc(Br)c(C(F)(F)F)c1.